The number of nitrogens with one attached hydrogen (secondary N) is 1. The topological polar surface area (TPSA) is 47.3 Å². The fourth-order valence-electron chi connectivity index (χ4n) is 1.84. The van der Waals surface area contributed by atoms with Crippen LogP contribution in [0.2, 0.25) is 0 Å². The Hall–Kier alpha value is -1.46. The molecule has 0 saturated carbocycles. The standard InChI is InChI=1S/C14H18N2O2S/c1-10-8-18-14(16-10)19-9-12(15-2)11-6-4-5-7-13(11)17-3/h4-8,12,15H,9H2,1-3H3. The van der Waals surface area contributed by atoms with E-state index < -0.39 is 0 Å². The van der Waals surface area contributed by atoms with Crippen molar-refractivity contribution in [3.63, 3.8) is 0 Å². The van der Waals surface area contributed by atoms with Gasteiger partial charge in [-0.3, -0.25) is 0 Å². The quantitative estimate of drug-likeness (QED) is 0.823. The van der Waals surface area contributed by atoms with Gasteiger partial charge in [0.25, 0.3) is 5.22 Å². The molecule has 2 aromatic rings. The molecule has 1 heterocycles. The Bertz CT molecular complexity index is 528. The van der Waals surface area contributed by atoms with Gasteiger partial charge in [0.15, 0.2) is 0 Å². The first kappa shape index (κ1) is 14.0. The summed E-state index contributed by atoms with van der Waals surface area (Å²) in [7, 11) is 3.63. The normalized spacial score (nSPS) is 12.4. The van der Waals surface area contributed by atoms with E-state index in [0.29, 0.717) is 5.22 Å². The molecule has 0 saturated heterocycles. The first-order valence-corrected chi connectivity index (χ1v) is 7.08. The number of nitrogens with zero attached hydrogens (tertiary/aromatic N) is 1. The van der Waals surface area contributed by atoms with Crippen LogP contribution < -0.4 is 10.1 Å². The molecular formula is C14H18N2O2S. The lowest BCUT2D eigenvalue weighted by Gasteiger charge is -2.18. The molecule has 1 atom stereocenters. The monoisotopic (exact) mass is 278 g/mol. The molecule has 0 bridgehead atoms. The molecule has 0 aliphatic heterocycles. The minimum Gasteiger partial charge on any atom is -0.496 e. The van der Waals surface area contributed by atoms with Crippen LogP contribution in [0.3, 0.4) is 0 Å². The number of ether oxygens (including phenoxy) is 1. The number of methoxy groups -OCH3 is 1. The second kappa shape index (κ2) is 6.63. The highest BCUT2D eigenvalue weighted by atomic mass is 32.2. The highest BCUT2D eigenvalue weighted by Crippen LogP contribution is 2.29. The Morgan fingerprint density at radius 2 is 2.21 bits per heavy atom. The number of benzene rings is 1. The second-order valence-corrected chi connectivity index (χ2v) is 5.12. The summed E-state index contributed by atoms with van der Waals surface area (Å²) in [5.74, 6) is 1.72. The first-order chi connectivity index (χ1) is 9.24. The number of aryl methyl sites for hydroxylation is 1. The molecule has 0 aliphatic rings. The lowest BCUT2D eigenvalue weighted by molar-refractivity contribution is 0.404. The predicted molar refractivity (Wildman–Crippen MR) is 76.8 cm³/mol. The third-order valence-electron chi connectivity index (χ3n) is 2.83. The average Bonchev–Trinajstić information content (AvgIpc) is 2.86. The average molecular weight is 278 g/mol. The molecule has 5 heteroatoms. The maximum atomic E-state index is 5.40. The fraction of sp³-hybridized carbons (Fsp3) is 0.357. The molecule has 4 nitrogen and oxygen atoms in total. The van der Waals surface area contributed by atoms with Gasteiger partial charge in [-0.1, -0.05) is 30.0 Å². The smallest absolute Gasteiger partial charge is 0.255 e. The number of aromatic nitrogens is 1. The molecule has 1 N–H and O–H groups in total. The lowest BCUT2D eigenvalue weighted by atomic mass is 10.1. The fourth-order valence-corrected chi connectivity index (χ4v) is 2.82. The summed E-state index contributed by atoms with van der Waals surface area (Å²) in [6.45, 7) is 1.92. The number of hydrogen-bond donors (Lipinski definition) is 1. The van der Waals surface area contributed by atoms with Crippen molar-refractivity contribution in [3.05, 3.63) is 41.8 Å². The van der Waals surface area contributed by atoms with E-state index in [-0.39, 0.29) is 6.04 Å². The van der Waals surface area contributed by atoms with E-state index in [1.54, 1.807) is 25.1 Å². The highest BCUT2D eigenvalue weighted by Gasteiger charge is 2.15. The van der Waals surface area contributed by atoms with Crippen LogP contribution in [-0.2, 0) is 0 Å². The van der Waals surface area contributed by atoms with Gasteiger partial charge in [0.2, 0.25) is 0 Å². The van der Waals surface area contributed by atoms with E-state index in [0.717, 1.165) is 22.8 Å². The number of oxazole rings is 1. The van der Waals surface area contributed by atoms with Gasteiger partial charge in [0, 0.05) is 17.4 Å². The van der Waals surface area contributed by atoms with E-state index in [1.807, 2.05) is 32.2 Å². The van der Waals surface area contributed by atoms with Crippen LogP contribution in [0.1, 0.15) is 17.3 Å². The van der Waals surface area contributed by atoms with Gasteiger partial charge in [0.05, 0.1) is 12.8 Å². The molecule has 102 valence electrons. The van der Waals surface area contributed by atoms with Crippen LogP contribution >= 0.6 is 11.8 Å². The van der Waals surface area contributed by atoms with E-state index in [2.05, 4.69) is 16.4 Å². The van der Waals surface area contributed by atoms with Gasteiger partial charge in [-0.05, 0) is 20.0 Å². The Morgan fingerprint density at radius 3 is 2.84 bits per heavy atom. The van der Waals surface area contributed by atoms with Crippen molar-refractivity contribution in [1.82, 2.24) is 10.3 Å². The third-order valence-corrected chi connectivity index (χ3v) is 3.77. The third kappa shape index (κ3) is 3.52. The van der Waals surface area contributed by atoms with Crippen molar-refractivity contribution >= 4 is 11.8 Å². The molecule has 0 aliphatic carbocycles. The van der Waals surface area contributed by atoms with Crippen molar-refractivity contribution in [2.24, 2.45) is 0 Å². The van der Waals surface area contributed by atoms with Crippen LogP contribution in [0.4, 0.5) is 0 Å². The minimum absolute atomic E-state index is 0.188. The zero-order valence-corrected chi connectivity index (χ0v) is 12.2. The molecular weight excluding hydrogens is 260 g/mol. The number of rotatable bonds is 6. The predicted octanol–water partition coefficient (Wildman–Crippen LogP) is 3.04. The molecule has 2 rings (SSSR count). The van der Waals surface area contributed by atoms with Gasteiger partial charge < -0.3 is 14.5 Å². The Kier molecular flexibility index (Phi) is 4.87. The van der Waals surface area contributed by atoms with Crippen molar-refractivity contribution < 1.29 is 9.15 Å². The molecule has 1 aromatic heterocycles. The van der Waals surface area contributed by atoms with Gasteiger partial charge in [-0.15, -0.1) is 0 Å². The summed E-state index contributed by atoms with van der Waals surface area (Å²) in [4.78, 5) is 4.29. The second-order valence-electron chi connectivity index (χ2n) is 4.15. The summed E-state index contributed by atoms with van der Waals surface area (Å²) >= 11 is 1.59. The zero-order valence-electron chi connectivity index (χ0n) is 11.3. The molecule has 19 heavy (non-hydrogen) atoms. The van der Waals surface area contributed by atoms with Gasteiger partial charge in [-0.2, -0.15) is 0 Å². The van der Waals surface area contributed by atoms with E-state index >= 15 is 0 Å². The molecule has 0 spiro atoms. The van der Waals surface area contributed by atoms with Crippen LogP contribution in [0.5, 0.6) is 5.75 Å². The summed E-state index contributed by atoms with van der Waals surface area (Å²) in [5, 5.41) is 4.00. The Labute approximate surface area is 117 Å². The van der Waals surface area contributed by atoms with Crippen LogP contribution in [0.15, 0.2) is 40.2 Å². The summed E-state index contributed by atoms with van der Waals surface area (Å²) in [6.07, 6.45) is 1.67. The number of para-hydroxylation sites is 1. The Balaban J connectivity index is 2.07. The SMILES string of the molecule is CNC(CSc1nc(C)co1)c1ccccc1OC. The largest absolute Gasteiger partial charge is 0.496 e. The van der Waals surface area contributed by atoms with Crippen LogP contribution in [-0.4, -0.2) is 24.9 Å². The maximum absolute atomic E-state index is 5.40. The highest BCUT2D eigenvalue weighted by molar-refractivity contribution is 7.99. The van der Waals surface area contributed by atoms with Crippen LogP contribution in [0.25, 0.3) is 0 Å². The summed E-state index contributed by atoms with van der Waals surface area (Å²) in [5.41, 5.74) is 2.05. The maximum Gasteiger partial charge on any atom is 0.255 e. The van der Waals surface area contributed by atoms with Gasteiger partial charge in [0.1, 0.15) is 12.0 Å². The Morgan fingerprint density at radius 1 is 1.42 bits per heavy atom. The van der Waals surface area contributed by atoms with Crippen molar-refractivity contribution in [2.75, 3.05) is 19.9 Å². The summed E-state index contributed by atoms with van der Waals surface area (Å²) < 4.78 is 10.7. The molecule has 0 fully saturated rings. The van der Waals surface area contributed by atoms with Crippen molar-refractivity contribution in [2.45, 2.75) is 18.2 Å². The van der Waals surface area contributed by atoms with E-state index in [9.17, 15) is 0 Å². The van der Waals surface area contributed by atoms with E-state index in [1.165, 1.54) is 0 Å². The minimum atomic E-state index is 0.188. The zero-order chi connectivity index (χ0) is 13.7. The molecule has 0 radical (unpaired) electrons. The van der Waals surface area contributed by atoms with E-state index in [4.69, 9.17) is 9.15 Å². The van der Waals surface area contributed by atoms with Gasteiger partial charge >= 0.3 is 0 Å². The summed E-state index contributed by atoms with van der Waals surface area (Å²) in [6, 6.07) is 8.22. The lowest BCUT2D eigenvalue weighted by Crippen LogP contribution is -2.19. The number of thioether (sulfide) groups is 1. The first-order valence-electron chi connectivity index (χ1n) is 6.09. The van der Waals surface area contributed by atoms with Crippen LogP contribution in [0, 0.1) is 6.92 Å². The van der Waals surface area contributed by atoms with Crippen molar-refractivity contribution in [3.8, 4) is 5.75 Å². The molecule has 1 aromatic carbocycles. The van der Waals surface area contributed by atoms with Crippen molar-refractivity contribution in [1.29, 1.82) is 0 Å². The number of hydrogen-bond acceptors (Lipinski definition) is 5. The van der Waals surface area contributed by atoms with Gasteiger partial charge in [-0.25, -0.2) is 4.98 Å². The molecule has 0 amide bonds. The molecule has 1 unspecified atom stereocenters.